The predicted molar refractivity (Wildman–Crippen MR) is 77.1 cm³/mol. The number of hydrogen-bond acceptors (Lipinski definition) is 4. The zero-order valence-corrected chi connectivity index (χ0v) is 12.9. The van der Waals surface area contributed by atoms with Crippen LogP contribution in [0.15, 0.2) is 0 Å². The number of sulfone groups is 1. The van der Waals surface area contributed by atoms with Crippen molar-refractivity contribution in [2.24, 2.45) is 5.41 Å². The minimum absolute atomic E-state index is 0. The fraction of sp³-hybridized carbons (Fsp3) is 1.00. The summed E-state index contributed by atoms with van der Waals surface area (Å²) in [6.45, 7) is 8.62. The molecule has 2 heterocycles. The molecular formula is C12H25ClN2O2S. The molecule has 1 atom stereocenters. The minimum Gasteiger partial charge on any atom is -0.316 e. The maximum absolute atomic E-state index is 11.8. The molecule has 6 heteroatoms. The van der Waals surface area contributed by atoms with E-state index < -0.39 is 9.84 Å². The van der Waals surface area contributed by atoms with Crippen LogP contribution in [-0.2, 0) is 9.84 Å². The number of nitrogens with one attached hydrogen (secondary N) is 1. The third-order valence-electron chi connectivity index (χ3n) is 4.26. The summed E-state index contributed by atoms with van der Waals surface area (Å²) >= 11 is 0. The summed E-state index contributed by atoms with van der Waals surface area (Å²) in [5, 5.41) is 3.18. The maximum atomic E-state index is 11.8. The molecule has 0 amide bonds. The predicted octanol–water partition coefficient (Wildman–Crippen LogP) is 0.917. The van der Waals surface area contributed by atoms with E-state index in [-0.39, 0.29) is 17.7 Å². The normalized spacial score (nSPS) is 29.1. The molecule has 2 saturated heterocycles. The Morgan fingerprint density at radius 1 is 1.33 bits per heavy atom. The molecule has 2 aliphatic rings. The molecule has 0 aromatic heterocycles. The van der Waals surface area contributed by atoms with Crippen LogP contribution in [0.5, 0.6) is 0 Å². The van der Waals surface area contributed by atoms with Gasteiger partial charge in [-0.1, -0.05) is 0 Å². The summed E-state index contributed by atoms with van der Waals surface area (Å²) in [6.07, 6.45) is 2.47. The van der Waals surface area contributed by atoms with Crippen LogP contribution >= 0.6 is 12.4 Å². The summed E-state index contributed by atoms with van der Waals surface area (Å²) in [6, 6.07) is 0. The van der Waals surface area contributed by atoms with E-state index in [1.165, 1.54) is 12.8 Å². The first-order chi connectivity index (χ1) is 7.94. The van der Waals surface area contributed by atoms with Crippen molar-refractivity contribution in [3.8, 4) is 0 Å². The average molecular weight is 297 g/mol. The molecule has 0 aromatic rings. The second-order valence-corrected chi connectivity index (χ2v) is 8.55. The molecule has 0 aromatic carbocycles. The van der Waals surface area contributed by atoms with E-state index in [2.05, 4.69) is 10.2 Å². The Morgan fingerprint density at radius 2 is 2.06 bits per heavy atom. The van der Waals surface area contributed by atoms with E-state index >= 15 is 0 Å². The van der Waals surface area contributed by atoms with Gasteiger partial charge in [-0.3, -0.25) is 0 Å². The lowest BCUT2D eigenvalue weighted by Gasteiger charge is -2.23. The molecule has 0 bridgehead atoms. The number of halogens is 1. The van der Waals surface area contributed by atoms with Gasteiger partial charge in [-0.25, -0.2) is 8.42 Å². The van der Waals surface area contributed by atoms with Crippen LogP contribution in [0, 0.1) is 5.41 Å². The van der Waals surface area contributed by atoms with Crippen LogP contribution in [0.2, 0.25) is 0 Å². The quantitative estimate of drug-likeness (QED) is 0.838. The molecule has 1 unspecified atom stereocenters. The lowest BCUT2D eigenvalue weighted by atomic mass is 9.87. The molecule has 0 radical (unpaired) electrons. The first-order valence-electron chi connectivity index (χ1n) is 6.58. The van der Waals surface area contributed by atoms with Crippen LogP contribution in [0.3, 0.4) is 0 Å². The zero-order valence-electron chi connectivity index (χ0n) is 11.3. The zero-order chi connectivity index (χ0) is 12.5. The summed E-state index contributed by atoms with van der Waals surface area (Å²) in [4.78, 5) is 2.33. The summed E-state index contributed by atoms with van der Waals surface area (Å²) in [5.41, 5.74) is 0.446. The van der Waals surface area contributed by atoms with Crippen LogP contribution < -0.4 is 5.32 Å². The van der Waals surface area contributed by atoms with E-state index in [4.69, 9.17) is 0 Å². The van der Waals surface area contributed by atoms with E-state index in [0.717, 1.165) is 26.2 Å². The first-order valence-corrected chi connectivity index (χ1v) is 8.30. The average Bonchev–Trinajstić information content (AvgIpc) is 2.87. The Balaban J connectivity index is 0.00000162. The molecule has 0 saturated carbocycles. The second-order valence-electron chi connectivity index (χ2n) is 5.87. The number of nitrogens with zero attached hydrogens (tertiary/aromatic N) is 1. The number of hydrogen-bond donors (Lipinski definition) is 1. The van der Waals surface area contributed by atoms with Gasteiger partial charge in [0.25, 0.3) is 0 Å². The molecule has 108 valence electrons. The van der Waals surface area contributed by atoms with E-state index in [9.17, 15) is 8.42 Å². The Hall–Kier alpha value is 0.160. The number of likely N-dealkylation sites (tertiary alicyclic amines) is 1. The summed E-state index contributed by atoms with van der Waals surface area (Å²) < 4.78 is 23.5. The van der Waals surface area contributed by atoms with Gasteiger partial charge in [0.05, 0.1) is 11.0 Å². The van der Waals surface area contributed by atoms with Gasteiger partial charge in [0.2, 0.25) is 0 Å². The molecule has 2 aliphatic heterocycles. The fourth-order valence-electron chi connectivity index (χ4n) is 2.85. The Bertz CT molecular complexity index is 364. The standard InChI is InChI=1S/C12H24N2O2S.ClH/c1-11(2)17(15,16)8-7-14-6-4-12(10-14)3-5-13-9-12;/h11,13H,3-10H2,1-2H3;1H. The van der Waals surface area contributed by atoms with Crippen molar-refractivity contribution in [1.29, 1.82) is 0 Å². The molecule has 0 aliphatic carbocycles. The molecule has 4 nitrogen and oxygen atoms in total. The van der Waals surface area contributed by atoms with Crippen molar-refractivity contribution in [3.05, 3.63) is 0 Å². The van der Waals surface area contributed by atoms with Gasteiger partial charge in [-0.15, -0.1) is 12.4 Å². The highest BCUT2D eigenvalue weighted by atomic mass is 35.5. The Morgan fingerprint density at radius 3 is 2.61 bits per heavy atom. The number of rotatable bonds is 4. The molecular weight excluding hydrogens is 272 g/mol. The molecule has 1 N–H and O–H groups in total. The van der Waals surface area contributed by atoms with Gasteiger partial charge in [0.15, 0.2) is 9.84 Å². The smallest absolute Gasteiger partial charge is 0.153 e. The molecule has 1 spiro atoms. The summed E-state index contributed by atoms with van der Waals surface area (Å²) in [5.74, 6) is 0.314. The SMILES string of the molecule is CC(C)S(=O)(=O)CCN1CCC2(CCNC2)C1.Cl. The van der Waals surface area contributed by atoms with Crippen LogP contribution in [-0.4, -0.2) is 57.0 Å². The van der Waals surface area contributed by atoms with Gasteiger partial charge >= 0.3 is 0 Å². The highest BCUT2D eigenvalue weighted by Gasteiger charge is 2.40. The van der Waals surface area contributed by atoms with Crippen molar-refractivity contribution in [2.45, 2.75) is 31.9 Å². The van der Waals surface area contributed by atoms with Gasteiger partial charge in [-0.05, 0) is 45.2 Å². The van der Waals surface area contributed by atoms with Crippen LogP contribution in [0.4, 0.5) is 0 Å². The van der Waals surface area contributed by atoms with Crippen LogP contribution in [0.1, 0.15) is 26.7 Å². The van der Waals surface area contributed by atoms with Crippen LogP contribution in [0.25, 0.3) is 0 Å². The third kappa shape index (κ3) is 3.59. The van der Waals surface area contributed by atoms with Crippen molar-refractivity contribution in [2.75, 3.05) is 38.5 Å². The van der Waals surface area contributed by atoms with Crippen molar-refractivity contribution in [1.82, 2.24) is 10.2 Å². The fourth-order valence-corrected chi connectivity index (χ4v) is 3.84. The monoisotopic (exact) mass is 296 g/mol. The molecule has 2 fully saturated rings. The Kier molecular flexibility index (Phi) is 5.47. The lowest BCUT2D eigenvalue weighted by molar-refractivity contribution is 0.284. The summed E-state index contributed by atoms with van der Waals surface area (Å²) in [7, 11) is -2.88. The maximum Gasteiger partial charge on any atom is 0.153 e. The minimum atomic E-state index is -2.88. The topological polar surface area (TPSA) is 49.4 Å². The van der Waals surface area contributed by atoms with E-state index in [1.54, 1.807) is 13.8 Å². The largest absolute Gasteiger partial charge is 0.316 e. The van der Waals surface area contributed by atoms with Gasteiger partial charge in [0.1, 0.15) is 0 Å². The van der Waals surface area contributed by atoms with Gasteiger partial charge in [-0.2, -0.15) is 0 Å². The third-order valence-corrected chi connectivity index (χ3v) is 6.45. The lowest BCUT2D eigenvalue weighted by Crippen LogP contribution is -2.33. The van der Waals surface area contributed by atoms with E-state index in [0.29, 0.717) is 17.7 Å². The van der Waals surface area contributed by atoms with E-state index in [1.807, 2.05) is 0 Å². The van der Waals surface area contributed by atoms with Crippen molar-refractivity contribution in [3.63, 3.8) is 0 Å². The first kappa shape index (κ1) is 16.2. The van der Waals surface area contributed by atoms with Crippen molar-refractivity contribution < 1.29 is 8.42 Å². The molecule has 2 rings (SSSR count). The highest BCUT2D eigenvalue weighted by molar-refractivity contribution is 7.92. The van der Waals surface area contributed by atoms with Crippen molar-refractivity contribution >= 4 is 22.2 Å². The highest BCUT2D eigenvalue weighted by Crippen LogP contribution is 2.35. The van der Waals surface area contributed by atoms with Gasteiger partial charge < -0.3 is 10.2 Å². The second kappa shape index (κ2) is 6.07. The Labute approximate surface area is 117 Å². The molecule has 18 heavy (non-hydrogen) atoms. The van der Waals surface area contributed by atoms with Gasteiger partial charge in [0, 0.05) is 19.6 Å².